The number of halogens is 1. The van der Waals surface area contributed by atoms with Gasteiger partial charge < -0.3 is 9.64 Å². The lowest BCUT2D eigenvalue weighted by molar-refractivity contribution is -0.0754. The van der Waals surface area contributed by atoms with E-state index in [9.17, 15) is 4.79 Å². The molecular formula is C14H17BrN2O2. The number of hydrogen-bond acceptors (Lipinski definition) is 3. The van der Waals surface area contributed by atoms with Crippen LogP contribution in [0.3, 0.4) is 0 Å². The van der Waals surface area contributed by atoms with E-state index in [4.69, 9.17) is 4.74 Å². The number of nitrogens with zero attached hydrogens (tertiary/aromatic N) is 2. The quantitative estimate of drug-likeness (QED) is 0.797. The Hall–Kier alpha value is -0.940. The highest BCUT2D eigenvalue weighted by Gasteiger charge is 2.37. The Morgan fingerprint density at radius 1 is 1.42 bits per heavy atom. The van der Waals surface area contributed by atoms with Crippen LogP contribution in [0, 0.1) is 0 Å². The van der Waals surface area contributed by atoms with Gasteiger partial charge in [0.25, 0.3) is 5.91 Å². The van der Waals surface area contributed by atoms with Gasteiger partial charge in [-0.3, -0.25) is 4.79 Å². The molecule has 0 bridgehead atoms. The number of pyridine rings is 1. The van der Waals surface area contributed by atoms with Crippen molar-refractivity contribution in [2.45, 2.75) is 37.8 Å². The van der Waals surface area contributed by atoms with E-state index in [-0.39, 0.29) is 18.1 Å². The van der Waals surface area contributed by atoms with Crippen LogP contribution in [0.25, 0.3) is 0 Å². The average molecular weight is 325 g/mol. The third-order valence-corrected chi connectivity index (χ3v) is 4.59. The van der Waals surface area contributed by atoms with E-state index in [1.165, 1.54) is 12.8 Å². The topological polar surface area (TPSA) is 42.4 Å². The molecule has 1 saturated carbocycles. The molecule has 1 aliphatic carbocycles. The zero-order valence-electron chi connectivity index (χ0n) is 10.7. The lowest BCUT2D eigenvalue weighted by Gasteiger charge is -2.43. The molecule has 3 rings (SSSR count). The summed E-state index contributed by atoms with van der Waals surface area (Å²) in [5, 5.41) is 0. The molecule has 4 nitrogen and oxygen atoms in total. The van der Waals surface area contributed by atoms with E-state index in [0.29, 0.717) is 18.8 Å². The van der Waals surface area contributed by atoms with Crippen molar-refractivity contribution in [3.8, 4) is 0 Å². The van der Waals surface area contributed by atoms with Gasteiger partial charge in [-0.2, -0.15) is 0 Å². The van der Waals surface area contributed by atoms with Crippen molar-refractivity contribution in [3.05, 3.63) is 28.5 Å². The van der Waals surface area contributed by atoms with Crippen molar-refractivity contribution >= 4 is 21.8 Å². The number of carbonyl (C=O) groups is 1. The van der Waals surface area contributed by atoms with E-state index in [1.54, 1.807) is 6.20 Å². The number of aromatic nitrogens is 1. The lowest BCUT2D eigenvalue weighted by Crippen LogP contribution is -2.55. The van der Waals surface area contributed by atoms with Gasteiger partial charge in [0.15, 0.2) is 0 Å². The van der Waals surface area contributed by atoms with Crippen LogP contribution in [0.5, 0.6) is 0 Å². The van der Waals surface area contributed by atoms with Crippen LogP contribution in [-0.2, 0) is 4.74 Å². The Labute approximate surface area is 121 Å². The largest absolute Gasteiger partial charge is 0.374 e. The normalized spacial score (nSPS) is 26.9. The van der Waals surface area contributed by atoms with Crippen LogP contribution in [0.4, 0.5) is 0 Å². The third-order valence-electron chi connectivity index (χ3n) is 3.95. The van der Waals surface area contributed by atoms with E-state index in [1.807, 2.05) is 17.0 Å². The van der Waals surface area contributed by atoms with Crippen molar-refractivity contribution in [3.63, 3.8) is 0 Å². The number of amides is 1. The molecular weight excluding hydrogens is 308 g/mol. The number of morpholine rings is 1. The Bertz CT molecular complexity index is 478. The molecule has 1 aromatic heterocycles. The van der Waals surface area contributed by atoms with Crippen molar-refractivity contribution in [1.29, 1.82) is 0 Å². The van der Waals surface area contributed by atoms with Gasteiger partial charge in [-0.15, -0.1) is 0 Å². The second-order valence-electron chi connectivity index (χ2n) is 5.09. The summed E-state index contributed by atoms with van der Waals surface area (Å²) >= 11 is 3.41. The van der Waals surface area contributed by atoms with Crippen LogP contribution in [0.1, 0.15) is 36.2 Å². The van der Waals surface area contributed by atoms with E-state index < -0.39 is 0 Å². The molecule has 0 radical (unpaired) electrons. The van der Waals surface area contributed by atoms with Gasteiger partial charge in [0.1, 0.15) is 5.69 Å². The van der Waals surface area contributed by atoms with Gasteiger partial charge in [0.2, 0.25) is 0 Å². The first-order valence-electron chi connectivity index (χ1n) is 6.80. The van der Waals surface area contributed by atoms with Crippen molar-refractivity contribution < 1.29 is 9.53 Å². The summed E-state index contributed by atoms with van der Waals surface area (Å²) in [4.78, 5) is 18.8. The first-order chi connectivity index (χ1) is 9.27. The maximum Gasteiger partial charge on any atom is 0.274 e. The molecule has 1 amide bonds. The van der Waals surface area contributed by atoms with Crippen molar-refractivity contribution in [2.75, 3.05) is 13.2 Å². The minimum atomic E-state index is 0.0210. The van der Waals surface area contributed by atoms with E-state index >= 15 is 0 Å². The molecule has 2 atom stereocenters. The summed E-state index contributed by atoms with van der Waals surface area (Å²) in [6, 6.07) is 3.91. The predicted molar refractivity (Wildman–Crippen MR) is 75.0 cm³/mol. The van der Waals surface area contributed by atoms with Crippen molar-refractivity contribution in [1.82, 2.24) is 9.88 Å². The standard InChI is InChI=1S/C14H17BrN2O2/c15-10-4-3-7-16-13(10)14(18)17-8-9-19-12-6-2-1-5-11(12)17/h3-4,7,11-12H,1-2,5-6,8-9H2/t11-,12-/m1/s1. The summed E-state index contributed by atoms with van der Waals surface area (Å²) in [6.45, 7) is 1.31. The highest BCUT2D eigenvalue weighted by Crippen LogP contribution is 2.30. The average Bonchev–Trinajstić information content (AvgIpc) is 2.46. The van der Waals surface area contributed by atoms with E-state index in [0.717, 1.165) is 17.3 Å². The molecule has 1 aromatic rings. The molecule has 2 aliphatic rings. The number of rotatable bonds is 1. The summed E-state index contributed by atoms with van der Waals surface area (Å²) < 4.78 is 6.57. The molecule has 102 valence electrons. The maximum atomic E-state index is 12.7. The second-order valence-corrected chi connectivity index (χ2v) is 5.95. The van der Waals surface area contributed by atoms with Crippen LogP contribution >= 0.6 is 15.9 Å². The maximum absolute atomic E-state index is 12.7. The first kappa shape index (κ1) is 13.1. The zero-order chi connectivity index (χ0) is 13.2. The Kier molecular flexibility index (Phi) is 3.84. The molecule has 0 unspecified atom stereocenters. The van der Waals surface area contributed by atoms with Gasteiger partial charge in [0.05, 0.1) is 18.8 Å². The highest BCUT2D eigenvalue weighted by atomic mass is 79.9. The Balaban J connectivity index is 1.84. The smallest absolute Gasteiger partial charge is 0.274 e. The lowest BCUT2D eigenvalue weighted by atomic mass is 9.90. The fourth-order valence-electron chi connectivity index (χ4n) is 3.03. The van der Waals surface area contributed by atoms with Gasteiger partial charge in [-0.25, -0.2) is 4.98 Å². The van der Waals surface area contributed by atoms with Gasteiger partial charge in [-0.1, -0.05) is 12.8 Å². The van der Waals surface area contributed by atoms with Crippen molar-refractivity contribution in [2.24, 2.45) is 0 Å². The summed E-state index contributed by atoms with van der Waals surface area (Å²) in [6.07, 6.45) is 6.37. The monoisotopic (exact) mass is 324 g/mol. The van der Waals surface area contributed by atoms with E-state index in [2.05, 4.69) is 20.9 Å². The van der Waals surface area contributed by atoms with Gasteiger partial charge in [0, 0.05) is 17.2 Å². The Morgan fingerprint density at radius 3 is 3.11 bits per heavy atom. The molecule has 19 heavy (non-hydrogen) atoms. The third kappa shape index (κ3) is 2.54. The first-order valence-corrected chi connectivity index (χ1v) is 7.60. The number of carbonyl (C=O) groups excluding carboxylic acids is 1. The van der Waals surface area contributed by atoms with Crippen LogP contribution < -0.4 is 0 Å². The summed E-state index contributed by atoms with van der Waals surface area (Å²) in [5.41, 5.74) is 0.508. The van der Waals surface area contributed by atoms with Gasteiger partial charge in [-0.05, 0) is 40.9 Å². The number of ether oxygens (including phenoxy) is 1. The molecule has 0 N–H and O–H groups in total. The number of fused-ring (bicyclic) bond motifs is 1. The highest BCUT2D eigenvalue weighted by molar-refractivity contribution is 9.10. The second kappa shape index (κ2) is 5.59. The molecule has 5 heteroatoms. The SMILES string of the molecule is O=C(c1ncccc1Br)N1CCO[C@@H]2CCCC[C@H]21. The van der Waals surface area contributed by atoms with Crippen LogP contribution in [0.2, 0.25) is 0 Å². The molecule has 2 fully saturated rings. The molecule has 1 aliphatic heterocycles. The molecule has 0 spiro atoms. The Morgan fingerprint density at radius 2 is 2.26 bits per heavy atom. The fourth-order valence-corrected chi connectivity index (χ4v) is 3.45. The van der Waals surface area contributed by atoms with Crippen LogP contribution in [0.15, 0.2) is 22.8 Å². The predicted octanol–water partition coefficient (Wildman–Crippen LogP) is 2.63. The fraction of sp³-hybridized carbons (Fsp3) is 0.571. The molecule has 1 saturated heterocycles. The minimum absolute atomic E-state index is 0.0210. The summed E-state index contributed by atoms with van der Waals surface area (Å²) in [7, 11) is 0. The molecule has 2 heterocycles. The van der Waals surface area contributed by atoms with Crippen LogP contribution in [-0.4, -0.2) is 41.1 Å². The molecule has 0 aromatic carbocycles. The number of hydrogen-bond donors (Lipinski definition) is 0. The minimum Gasteiger partial charge on any atom is -0.374 e. The zero-order valence-corrected chi connectivity index (χ0v) is 12.3. The van der Waals surface area contributed by atoms with Gasteiger partial charge >= 0.3 is 0 Å². The summed E-state index contributed by atoms with van der Waals surface area (Å²) in [5.74, 6) is 0.0210.